The highest BCUT2D eigenvalue weighted by Crippen LogP contribution is 2.15. The molecule has 1 heterocycles. The second kappa shape index (κ2) is 12.1. The zero-order valence-electron chi connectivity index (χ0n) is 16.5. The molecule has 0 bridgehead atoms. The number of ether oxygens (including phenoxy) is 1. The van der Waals surface area contributed by atoms with Gasteiger partial charge in [0.2, 0.25) is 5.96 Å². The second-order valence-electron chi connectivity index (χ2n) is 6.60. The maximum Gasteiger partial charge on any atom is 0.440 e. The number of nitrogens with one attached hydrogen (secondary N) is 4. The number of aliphatic imine (C=N–C) groups is 1. The number of guanidine groups is 1. The summed E-state index contributed by atoms with van der Waals surface area (Å²) in [6, 6.07) is -0.238. The fourth-order valence-electron chi connectivity index (χ4n) is 2.09. The van der Waals surface area contributed by atoms with E-state index in [9.17, 15) is 14.4 Å². The van der Waals surface area contributed by atoms with Crippen LogP contribution < -0.4 is 20.6 Å². The van der Waals surface area contributed by atoms with Gasteiger partial charge in [-0.15, -0.1) is 4.99 Å². The first-order valence-corrected chi connectivity index (χ1v) is 10.3. The molecule has 1 rings (SSSR count). The predicted octanol–water partition coefficient (Wildman–Crippen LogP) is -0.903. The van der Waals surface area contributed by atoms with E-state index in [2.05, 4.69) is 25.6 Å². The summed E-state index contributed by atoms with van der Waals surface area (Å²) in [5, 5.41) is 5.29. The third-order valence-corrected chi connectivity index (χ3v) is 4.06. The lowest BCUT2D eigenvalue weighted by Gasteiger charge is -2.24. The summed E-state index contributed by atoms with van der Waals surface area (Å²) >= 11 is 0. The summed E-state index contributed by atoms with van der Waals surface area (Å²) in [6.45, 7) is 6.17. The van der Waals surface area contributed by atoms with E-state index in [-0.39, 0.29) is 29.9 Å². The topological polar surface area (TPSA) is 143 Å². The van der Waals surface area contributed by atoms with Crippen LogP contribution in [0, 0.1) is 0 Å². The van der Waals surface area contributed by atoms with Gasteiger partial charge in [-0.05, 0) is 27.2 Å². The average Bonchev–Trinajstić information content (AvgIpc) is 3.05. The molecular weight excluding hydrogens is 408 g/mol. The Kier molecular flexibility index (Phi) is 10.5. The van der Waals surface area contributed by atoms with Crippen LogP contribution in [0.1, 0.15) is 27.2 Å². The first-order chi connectivity index (χ1) is 13.1. The number of likely N-dealkylation sites (tertiary alicyclic amines) is 1. The highest BCUT2D eigenvalue weighted by Gasteiger charge is 2.30. The first kappa shape index (κ1) is 24.4. The van der Waals surface area contributed by atoms with Crippen molar-refractivity contribution in [3.05, 3.63) is 0 Å². The SMILES string of the molecule is BNPOC(=O)/N=C(/NC(=O)OPNB)N[C@H]1CCN(C(=O)OC(C)(C)C)C1. The van der Waals surface area contributed by atoms with Crippen LogP contribution in [-0.4, -0.2) is 69.8 Å². The first-order valence-electron chi connectivity index (χ1n) is 8.50. The lowest BCUT2D eigenvalue weighted by atomic mass is 10.2. The molecule has 28 heavy (non-hydrogen) atoms. The van der Waals surface area contributed by atoms with E-state index in [4.69, 9.17) is 13.8 Å². The summed E-state index contributed by atoms with van der Waals surface area (Å²) in [4.78, 5) is 46.3. The molecule has 1 saturated heterocycles. The fourth-order valence-corrected chi connectivity index (χ4v) is 2.57. The number of carbonyl (C=O) groups is 3. The van der Waals surface area contributed by atoms with Gasteiger partial charge in [-0.1, -0.05) is 0 Å². The van der Waals surface area contributed by atoms with Crippen LogP contribution in [0.5, 0.6) is 0 Å². The van der Waals surface area contributed by atoms with Crippen molar-refractivity contribution in [2.24, 2.45) is 4.99 Å². The molecule has 1 aliphatic rings. The Bertz CT molecular complexity index is 593. The van der Waals surface area contributed by atoms with Gasteiger partial charge in [0.1, 0.15) is 23.5 Å². The summed E-state index contributed by atoms with van der Waals surface area (Å²) in [5.41, 5.74) is -0.591. The molecule has 1 fully saturated rings. The van der Waals surface area contributed by atoms with Gasteiger partial charge in [0, 0.05) is 19.1 Å². The maximum atomic E-state index is 12.2. The molecule has 0 aromatic heterocycles. The van der Waals surface area contributed by atoms with Crippen molar-refractivity contribution in [1.29, 1.82) is 0 Å². The van der Waals surface area contributed by atoms with Gasteiger partial charge >= 0.3 is 18.3 Å². The van der Waals surface area contributed by atoms with E-state index < -0.39 is 23.9 Å². The van der Waals surface area contributed by atoms with Gasteiger partial charge in [-0.2, -0.15) is 0 Å². The molecule has 12 nitrogen and oxygen atoms in total. The molecule has 0 radical (unpaired) electrons. The minimum atomic E-state index is -0.881. The molecule has 3 amide bonds. The van der Waals surface area contributed by atoms with E-state index in [0.29, 0.717) is 19.5 Å². The highest BCUT2D eigenvalue weighted by atomic mass is 31.1. The van der Waals surface area contributed by atoms with Crippen molar-refractivity contribution < 1.29 is 28.2 Å². The second-order valence-corrected chi connectivity index (χ2v) is 8.42. The third kappa shape index (κ3) is 10.1. The van der Waals surface area contributed by atoms with E-state index >= 15 is 0 Å². The Morgan fingerprint density at radius 2 is 1.79 bits per heavy atom. The average molecular weight is 434 g/mol. The Balaban J connectivity index is 2.69. The zero-order valence-corrected chi connectivity index (χ0v) is 18.5. The van der Waals surface area contributed by atoms with Crippen LogP contribution in [-0.2, 0) is 13.8 Å². The molecule has 0 spiro atoms. The monoisotopic (exact) mass is 434 g/mol. The van der Waals surface area contributed by atoms with Crippen molar-refractivity contribution in [1.82, 2.24) is 25.5 Å². The van der Waals surface area contributed by atoms with Crippen LogP contribution >= 0.6 is 17.9 Å². The molecule has 2 unspecified atom stereocenters. The van der Waals surface area contributed by atoms with E-state index in [0.717, 1.165) is 0 Å². The fraction of sp³-hybridized carbons (Fsp3) is 0.667. The van der Waals surface area contributed by atoms with Crippen LogP contribution in [0.25, 0.3) is 0 Å². The number of rotatable bonds is 5. The van der Waals surface area contributed by atoms with Crippen molar-refractivity contribution >= 4 is 58.1 Å². The van der Waals surface area contributed by atoms with Gasteiger partial charge in [0.25, 0.3) is 0 Å². The summed E-state index contributed by atoms with van der Waals surface area (Å²) < 4.78 is 15.0. The summed E-state index contributed by atoms with van der Waals surface area (Å²) in [6.07, 6.45) is -1.51. The third-order valence-electron chi connectivity index (χ3n) is 3.09. The number of hydrogen-bond donors (Lipinski definition) is 4. The van der Waals surface area contributed by atoms with Crippen LogP contribution in [0.3, 0.4) is 0 Å². The summed E-state index contributed by atoms with van der Waals surface area (Å²) in [5.74, 6) is -0.118. The van der Waals surface area contributed by atoms with Crippen molar-refractivity contribution in [3.63, 3.8) is 0 Å². The molecule has 16 heteroatoms. The zero-order chi connectivity index (χ0) is 21.2. The van der Waals surface area contributed by atoms with Gasteiger partial charge in [0.05, 0.1) is 0 Å². The van der Waals surface area contributed by atoms with Crippen LogP contribution in [0.15, 0.2) is 4.99 Å². The standard InChI is InChI=1S/C12H26B2N6O6P2/c1-12(2,3)24-11(23)20-5-4-7(6-20)15-8(16-9(21)25-27-18-13)17-10(22)26-28-19-14/h7,18-19,27-28H,4-6,13-14H2,1-3H3,(H2,15,16,17,21,22)/t7-/m0/s1. The van der Waals surface area contributed by atoms with E-state index in [1.54, 1.807) is 41.6 Å². The number of amides is 3. The molecule has 0 saturated carbocycles. The van der Waals surface area contributed by atoms with Crippen molar-refractivity contribution in [2.75, 3.05) is 13.1 Å². The normalized spacial score (nSPS) is 17.9. The Morgan fingerprint density at radius 3 is 2.39 bits per heavy atom. The Labute approximate surface area is 169 Å². The molecule has 156 valence electrons. The van der Waals surface area contributed by atoms with Gasteiger partial charge in [0.15, 0.2) is 16.0 Å². The predicted molar refractivity (Wildman–Crippen MR) is 113 cm³/mol. The van der Waals surface area contributed by atoms with Crippen LogP contribution in [0.4, 0.5) is 14.4 Å². The lowest BCUT2D eigenvalue weighted by Crippen LogP contribution is -2.47. The van der Waals surface area contributed by atoms with Crippen molar-refractivity contribution in [2.45, 2.75) is 38.8 Å². The molecule has 3 atom stereocenters. The van der Waals surface area contributed by atoms with Gasteiger partial charge in [-0.25, -0.2) is 14.4 Å². The van der Waals surface area contributed by atoms with Gasteiger partial charge in [-0.3, -0.25) is 5.32 Å². The highest BCUT2D eigenvalue weighted by molar-refractivity contribution is 7.32. The molecular formula is C12H26B2N6O6P2. The molecule has 0 aromatic carbocycles. The summed E-state index contributed by atoms with van der Waals surface area (Å²) in [7, 11) is 2.72. The van der Waals surface area contributed by atoms with E-state index in [1.165, 1.54) is 0 Å². The maximum absolute atomic E-state index is 12.2. The Morgan fingerprint density at radius 1 is 1.14 bits per heavy atom. The quantitative estimate of drug-likeness (QED) is 0.142. The Hall–Kier alpha value is -1.61. The van der Waals surface area contributed by atoms with Gasteiger partial charge < -0.3 is 34.0 Å². The smallest absolute Gasteiger partial charge is 0.440 e. The minimum Gasteiger partial charge on any atom is -0.444 e. The molecule has 0 aromatic rings. The van der Waals surface area contributed by atoms with Crippen molar-refractivity contribution in [3.8, 4) is 0 Å². The molecule has 1 aliphatic heterocycles. The molecule has 0 aliphatic carbocycles. The lowest BCUT2D eigenvalue weighted by molar-refractivity contribution is 0.0291. The largest absolute Gasteiger partial charge is 0.444 e. The molecule has 4 N–H and O–H groups in total. The van der Waals surface area contributed by atoms with Crippen LogP contribution in [0.2, 0.25) is 0 Å². The minimum absolute atomic E-state index is 0.118. The number of hydrogen-bond acceptors (Lipinski definition) is 8. The number of carbonyl (C=O) groups excluding carboxylic acids is 3. The number of nitrogens with zero attached hydrogens (tertiary/aromatic N) is 2. The van der Waals surface area contributed by atoms with E-state index in [1.807, 2.05) is 0 Å².